The van der Waals surface area contributed by atoms with Crippen molar-refractivity contribution in [3.63, 3.8) is 0 Å². The molecule has 1 heterocycles. The molecule has 0 fully saturated rings. The van der Waals surface area contributed by atoms with Crippen molar-refractivity contribution >= 4 is 11.6 Å². The van der Waals surface area contributed by atoms with Crippen molar-refractivity contribution in [1.29, 1.82) is 0 Å². The van der Waals surface area contributed by atoms with Gasteiger partial charge in [-0.25, -0.2) is 0 Å². The number of ether oxygens (including phenoxy) is 1. The Hall–Kier alpha value is -0.580. The van der Waals surface area contributed by atoms with Crippen molar-refractivity contribution in [3.8, 4) is 0 Å². The normalized spacial score (nSPS) is 14.0. The van der Waals surface area contributed by atoms with Gasteiger partial charge in [-0.15, -0.1) is 0 Å². The van der Waals surface area contributed by atoms with Crippen molar-refractivity contribution < 1.29 is 4.74 Å². The van der Waals surface area contributed by atoms with Crippen LogP contribution in [-0.2, 0) is 11.3 Å². The Bertz CT molecular complexity index is 363. The van der Waals surface area contributed by atoms with Crippen LogP contribution in [0.5, 0.6) is 0 Å². The van der Waals surface area contributed by atoms with Gasteiger partial charge in [0.2, 0.25) is 0 Å². The lowest BCUT2D eigenvalue weighted by Gasteiger charge is -2.33. The third-order valence-electron chi connectivity index (χ3n) is 3.05. The lowest BCUT2D eigenvalue weighted by atomic mass is 9.95. The van der Waals surface area contributed by atoms with Gasteiger partial charge >= 0.3 is 0 Å². The summed E-state index contributed by atoms with van der Waals surface area (Å²) in [4.78, 5) is 0. The van der Waals surface area contributed by atoms with Crippen LogP contribution < -0.4 is 5.32 Å². The number of nitrogens with zero attached hydrogens (tertiary/aromatic N) is 2. The second-order valence-electron chi connectivity index (χ2n) is 4.63. The SMILES string of the molecule is CCCn1ncc(Cl)c1C(NC)C(C)(C)OC. The molecule has 0 bridgehead atoms. The summed E-state index contributed by atoms with van der Waals surface area (Å²) >= 11 is 6.24. The van der Waals surface area contributed by atoms with Gasteiger partial charge < -0.3 is 10.1 Å². The van der Waals surface area contributed by atoms with Crippen LogP contribution in [-0.4, -0.2) is 29.5 Å². The zero-order chi connectivity index (χ0) is 13.1. The van der Waals surface area contributed by atoms with Crippen LogP contribution in [0.2, 0.25) is 5.02 Å². The summed E-state index contributed by atoms with van der Waals surface area (Å²) in [5, 5.41) is 8.26. The fraction of sp³-hybridized carbons (Fsp3) is 0.750. The van der Waals surface area contributed by atoms with E-state index < -0.39 is 0 Å². The molecule has 98 valence electrons. The first-order valence-electron chi connectivity index (χ1n) is 5.91. The predicted octanol–water partition coefficient (Wildman–Crippen LogP) is 2.63. The topological polar surface area (TPSA) is 39.1 Å². The Morgan fingerprint density at radius 3 is 2.71 bits per heavy atom. The summed E-state index contributed by atoms with van der Waals surface area (Å²) in [7, 11) is 3.61. The number of aryl methyl sites for hydroxylation is 1. The quantitative estimate of drug-likeness (QED) is 0.854. The number of halogens is 1. The van der Waals surface area contributed by atoms with E-state index in [1.807, 2.05) is 25.6 Å². The van der Waals surface area contributed by atoms with Gasteiger partial charge in [0.25, 0.3) is 0 Å². The average molecular weight is 260 g/mol. The summed E-state index contributed by atoms with van der Waals surface area (Å²) in [5.74, 6) is 0. The number of hydrogen-bond acceptors (Lipinski definition) is 3. The molecule has 0 aliphatic heterocycles. The number of likely N-dealkylation sites (N-methyl/N-ethyl adjacent to an activating group) is 1. The Balaban J connectivity index is 3.15. The molecule has 0 radical (unpaired) electrons. The first-order valence-corrected chi connectivity index (χ1v) is 6.29. The molecule has 4 nitrogen and oxygen atoms in total. The monoisotopic (exact) mass is 259 g/mol. The first kappa shape index (κ1) is 14.5. The molecule has 0 saturated heterocycles. The standard InChI is InChI=1S/C12H22ClN3O/c1-6-7-16-10(9(13)8-15-16)11(14-4)12(2,3)17-5/h8,11,14H,6-7H2,1-5H3. The van der Waals surface area contributed by atoms with E-state index >= 15 is 0 Å². The molecule has 1 rings (SSSR count). The number of rotatable bonds is 6. The Labute approximate surface area is 108 Å². The van der Waals surface area contributed by atoms with Gasteiger partial charge in [0.1, 0.15) is 0 Å². The maximum atomic E-state index is 6.24. The number of nitrogens with one attached hydrogen (secondary N) is 1. The van der Waals surface area contributed by atoms with Gasteiger partial charge in [0.05, 0.1) is 28.6 Å². The highest BCUT2D eigenvalue weighted by atomic mass is 35.5. The van der Waals surface area contributed by atoms with E-state index in [0.29, 0.717) is 5.02 Å². The third-order valence-corrected chi connectivity index (χ3v) is 3.34. The Kier molecular flexibility index (Phi) is 4.98. The molecule has 1 N–H and O–H groups in total. The molecular weight excluding hydrogens is 238 g/mol. The molecule has 0 saturated carbocycles. The van der Waals surface area contributed by atoms with Crippen LogP contribution in [0.25, 0.3) is 0 Å². The smallest absolute Gasteiger partial charge is 0.0835 e. The molecule has 1 atom stereocenters. The molecule has 0 amide bonds. The van der Waals surface area contributed by atoms with Gasteiger partial charge in [-0.1, -0.05) is 18.5 Å². The molecule has 17 heavy (non-hydrogen) atoms. The van der Waals surface area contributed by atoms with Crippen LogP contribution in [0.1, 0.15) is 38.9 Å². The third kappa shape index (κ3) is 3.00. The van der Waals surface area contributed by atoms with E-state index in [4.69, 9.17) is 16.3 Å². The second-order valence-corrected chi connectivity index (χ2v) is 5.04. The fourth-order valence-electron chi connectivity index (χ4n) is 1.98. The van der Waals surface area contributed by atoms with Crippen LogP contribution >= 0.6 is 11.6 Å². The van der Waals surface area contributed by atoms with E-state index in [1.54, 1.807) is 13.3 Å². The molecule has 5 heteroatoms. The Morgan fingerprint density at radius 2 is 2.24 bits per heavy atom. The van der Waals surface area contributed by atoms with Crippen molar-refractivity contribution in [3.05, 3.63) is 16.9 Å². The highest BCUT2D eigenvalue weighted by Crippen LogP contribution is 2.32. The van der Waals surface area contributed by atoms with E-state index in [9.17, 15) is 0 Å². The van der Waals surface area contributed by atoms with Crippen LogP contribution in [0.15, 0.2) is 6.20 Å². The minimum Gasteiger partial charge on any atom is -0.377 e. The minimum atomic E-state index is -0.343. The van der Waals surface area contributed by atoms with E-state index in [1.165, 1.54) is 0 Å². The molecule has 1 aromatic rings. The molecule has 0 aliphatic rings. The van der Waals surface area contributed by atoms with Gasteiger partial charge in [0, 0.05) is 13.7 Å². The molecule has 0 spiro atoms. The van der Waals surface area contributed by atoms with Gasteiger partial charge in [-0.3, -0.25) is 4.68 Å². The molecule has 1 unspecified atom stereocenters. The number of hydrogen-bond donors (Lipinski definition) is 1. The van der Waals surface area contributed by atoms with Gasteiger partial charge in [0.15, 0.2) is 0 Å². The maximum absolute atomic E-state index is 6.24. The minimum absolute atomic E-state index is 0.00838. The second kappa shape index (κ2) is 5.85. The number of aromatic nitrogens is 2. The van der Waals surface area contributed by atoms with E-state index in [2.05, 4.69) is 17.3 Å². The lowest BCUT2D eigenvalue weighted by Crippen LogP contribution is -2.40. The van der Waals surface area contributed by atoms with Crippen molar-refractivity contribution in [2.75, 3.05) is 14.2 Å². The zero-order valence-corrected chi connectivity index (χ0v) is 12.0. The number of methoxy groups -OCH3 is 1. The van der Waals surface area contributed by atoms with Crippen molar-refractivity contribution in [2.45, 2.75) is 45.4 Å². The van der Waals surface area contributed by atoms with Crippen molar-refractivity contribution in [2.24, 2.45) is 0 Å². The fourth-order valence-corrected chi connectivity index (χ4v) is 2.23. The van der Waals surface area contributed by atoms with Gasteiger partial charge in [-0.2, -0.15) is 5.10 Å². The largest absolute Gasteiger partial charge is 0.377 e. The summed E-state index contributed by atoms with van der Waals surface area (Å²) in [6.45, 7) is 7.05. The summed E-state index contributed by atoms with van der Waals surface area (Å²) in [5.41, 5.74) is 0.645. The average Bonchev–Trinajstić information content (AvgIpc) is 2.63. The molecule has 1 aromatic heterocycles. The van der Waals surface area contributed by atoms with Crippen LogP contribution in [0.4, 0.5) is 0 Å². The zero-order valence-electron chi connectivity index (χ0n) is 11.2. The summed E-state index contributed by atoms with van der Waals surface area (Å²) < 4.78 is 7.49. The predicted molar refractivity (Wildman–Crippen MR) is 70.4 cm³/mol. The molecule has 0 aliphatic carbocycles. The molecular formula is C12H22ClN3O. The van der Waals surface area contributed by atoms with E-state index in [-0.39, 0.29) is 11.6 Å². The van der Waals surface area contributed by atoms with Crippen molar-refractivity contribution in [1.82, 2.24) is 15.1 Å². The van der Waals surface area contributed by atoms with Crippen LogP contribution in [0.3, 0.4) is 0 Å². The lowest BCUT2D eigenvalue weighted by molar-refractivity contribution is -0.0114. The highest BCUT2D eigenvalue weighted by molar-refractivity contribution is 6.31. The summed E-state index contributed by atoms with van der Waals surface area (Å²) in [6.07, 6.45) is 2.72. The maximum Gasteiger partial charge on any atom is 0.0835 e. The summed E-state index contributed by atoms with van der Waals surface area (Å²) in [6, 6.07) is 0.00838. The Morgan fingerprint density at radius 1 is 1.59 bits per heavy atom. The first-order chi connectivity index (χ1) is 7.97. The van der Waals surface area contributed by atoms with E-state index in [0.717, 1.165) is 18.7 Å². The van der Waals surface area contributed by atoms with Crippen LogP contribution in [0, 0.1) is 0 Å². The van der Waals surface area contributed by atoms with Gasteiger partial charge in [-0.05, 0) is 27.3 Å². The molecule has 0 aromatic carbocycles. The highest BCUT2D eigenvalue weighted by Gasteiger charge is 2.33.